The Kier molecular flexibility index (Phi) is 3.89. The van der Waals surface area contributed by atoms with Crippen LogP contribution in [0.1, 0.15) is 22.7 Å². The van der Waals surface area contributed by atoms with E-state index in [1.165, 1.54) is 36.3 Å². The molecule has 1 saturated heterocycles. The van der Waals surface area contributed by atoms with E-state index < -0.39 is 0 Å². The number of hydrogen-bond donors (Lipinski definition) is 2. The van der Waals surface area contributed by atoms with Gasteiger partial charge in [-0.05, 0) is 32.0 Å². The van der Waals surface area contributed by atoms with E-state index in [1.807, 2.05) is 24.5 Å². The first-order chi connectivity index (χ1) is 11.3. The van der Waals surface area contributed by atoms with Crippen molar-refractivity contribution in [1.82, 2.24) is 14.9 Å². The molecule has 0 saturated carbocycles. The molecule has 0 aliphatic carbocycles. The monoisotopic (exact) mass is 324 g/mol. The molecule has 1 aliphatic rings. The van der Waals surface area contributed by atoms with Gasteiger partial charge in [-0.3, -0.25) is 4.90 Å². The van der Waals surface area contributed by atoms with Gasteiger partial charge in [0.25, 0.3) is 0 Å². The fourth-order valence-corrected chi connectivity index (χ4v) is 3.94. The van der Waals surface area contributed by atoms with Crippen LogP contribution in [0.2, 0.25) is 0 Å². The number of aromatic nitrogens is 2. The van der Waals surface area contributed by atoms with Crippen molar-refractivity contribution in [2.45, 2.75) is 19.4 Å². The minimum Gasteiger partial charge on any atom is -0.359 e. The topological polar surface area (TPSA) is 44.0 Å². The van der Waals surface area contributed by atoms with Gasteiger partial charge in [0.15, 0.2) is 0 Å². The summed E-state index contributed by atoms with van der Waals surface area (Å²) in [6.07, 6.45) is 6.54. The molecule has 0 amide bonds. The predicted octanol–water partition coefficient (Wildman–Crippen LogP) is 4.30. The first-order valence-electron chi connectivity index (χ1n) is 7.99. The molecule has 118 valence electrons. The Labute approximate surface area is 139 Å². The maximum atomic E-state index is 4.56. The minimum absolute atomic E-state index is 0.903. The molecule has 1 aromatic carbocycles. The van der Waals surface area contributed by atoms with E-state index in [1.54, 1.807) is 11.3 Å². The van der Waals surface area contributed by atoms with Crippen LogP contribution >= 0.6 is 11.3 Å². The quantitative estimate of drug-likeness (QED) is 0.735. The van der Waals surface area contributed by atoms with Crippen LogP contribution in [0, 0.1) is 0 Å². The third-order valence-electron chi connectivity index (χ3n) is 4.28. The minimum atomic E-state index is 0.903. The number of likely N-dealkylation sites (tertiary alicyclic amines) is 1. The van der Waals surface area contributed by atoms with Crippen LogP contribution in [0.15, 0.2) is 43.2 Å². The number of fused-ring (bicyclic) bond motifs is 1. The number of thiazole rings is 1. The summed E-state index contributed by atoms with van der Waals surface area (Å²) in [7, 11) is 0. The number of nitrogens with one attached hydrogen (secondary N) is 2. The summed E-state index contributed by atoms with van der Waals surface area (Å²) in [6.45, 7) is 7.54. The van der Waals surface area contributed by atoms with Crippen LogP contribution < -0.4 is 5.32 Å². The van der Waals surface area contributed by atoms with E-state index in [-0.39, 0.29) is 0 Å². The SMILES string of the molecule is C=C(Nc1c[nH]c2ccccc12)c1cnc(CN2CCCC2)s1. The van der Waals surface area contributed by atoms with Gasteiger partial charge >= 0.3 is 0 Å². The molecule has 3 heterocycles. The van der Waals surface area contributed by atoms with Crippen LogP contribution in [0.4, 0.5) is 5.69 Å². The number of anilines is 1. The van der Waals surface area contributed by atoms with Crippen molar-refractivity contribution in [1.29, 1.82) is 0 Å². The normalized spacial score (nSPS) is 15.3. The number of para-hydroxylation sites is 1. The first kappa shape index (κ1) is 14.5. The lowest BCUT2D eigenvalue weighted by Gasteiger charge is -2.11. The van der Waals surface area contributed by atoms with Crippen LogP contribution in [-0.2, 0) is 6.54 Å². The predicted molar refractivity (Wildman–Crippen MR) is 97.6 cm³/mol. The molecule has 0 spiro atoms. The Morgan fingerprint density at radius 3 is 3.00 bits per heavy atom. The molecule has 1 fully saturated rings. The van der Waals surface area contributed by atoms with Crippen molar-refractivity contribution in [3.8, 4) is 0 Å². The van der Waals surface area contributed by atoms with Crippen LogP contribution in [0.3, 0.4) is 0 Å². The molecule has 2 aromatic heterocycles. The third-order valence-corrected chi connectivity index (χ3v) is 5.33. The number of H-pyrrole nitrogens is 1. The summed E-state index contributed by atoms with van der Waals surface area (Å²) in [6, 6.07) is 8.26. The smallest absolute Gasteiger partial charge is 0.107 e. The average Bonchev–Trinajstić information content (AvgIpc) is 3.29. The van der Waals surface area contributed by atoms with Crippen LogP contribution in [-0.4, -0.2) is 28.0 Å². The average molecular weight is 324 g/mol. The second-order valence-corrected chi connectivity index (χ2v) is 7.07. The van der Waals surface area contributed by atoms with Gasteiger partial charge in [-0.15, -0.1) is 11.3 Å². The molecule has 0 unspecified atom stereocenters. The Balaban J connectivity index is 1.47. The molecule has 1 aliphatic heterocycles. The summed E-state index contributed by atoms with van der Waals surface area (Å²) in [4.78, 5) is 11.4. The van der Waals surface area contributed by atoms with Gasteiger partial charge in [-0.25, -0.2) is 4.98 Å². The zero-order valence-electron chi connectivity index (χ0n) is 13.0. The number of nitrogens with zero attached hydrogens (tertiary/aromatic N) is 2. The van der Waals surface area contributed by atoms with E-state index in [4.69, 9.17) is 0 Å². The van der Waals surface area contributed by atoms with Crippen molar-refractivity contribution in [3.05, 3.63) is 53.1 Å². The molecular weight excluding hydrogens is 304 g/mol. The molecule has 0 atom stereocenters. The lowest BCUT2D eigenvalue weighted by molar-refractivity contribution is 0.331. The second kappa shape index (κ2) is 6.18. The zero-order chi connectivity index (χ0) is 15.6. The molecule has 3 aromatic rings. The van der Waals surface area contributed by atoms with Crippen molar-refractivity contribution in [3.63, 3.8) is 0 Å². The number of hydrogen-bond acceptors (Lipinski definition) is 4. The summed E-state index contributed by atoms with van der Waals surface area (Å²) in [5, 5.41) is 5.77. The van der Waals surface area contributed by atoms with Gasteiger partial charge in [0, 0.05) is 23.3 Å². The molecule has 0 radical (unpaired) electrons. The molecule has 4 nitrogen and oxygen atoms in total. The fraction of sp³-hybridized carbons (Fsp3) is 0.278. The van der Waals surface area contributed by atoms with E-state index in [9.17, 15) is 0 Å². The van der Waals surface area contributed by atoms with Crippen molar-refractivity contribution < 1.29 is 0 Å². The molecule has 0 bridgehead atoms. The Morgan fingerprint density at radius 2 is 2.13 bits per heavy atom. The van der Waals surface area contributed by atoms with Crippen LogP contribution in [0.25, 0.3) is 16.6 Å². The summed E-state index contributed by atoms with van der Waals surface area (Å²) >= 11 is 1.73. The zero-order valence-corrected chi connectivity index (χ0v) is 13.8. The van der Waals surface area contributed by atoms with Crippen molar-refractivity contribution in [2.24, 2.45) is 0 Å². The summed E-state index contributed by atoms with van der Waals surface area (Å²) in [5.74, 6) is 0. The lowest BCUT2D eigenvalue weighted by atomic mass is 10.2. The van der Waals surface area contributed by atoms with Crippen molar-refractivity contribution >= 4 is 33.6 Å². The lowest BCUT2D eigenvalue weighted by Crippen LogP contribution is -2.17. The highest BCUT2D eigenvalue weighted by Gasteiger charge is 2.14. The van der Waals surface area contributed by atoms with E-state index in [2.05, 4.69) is 38.9 Å². The van der Waals surface area contributed by atoms with Crippen LogP contribution in [0.5, 0.6) is 0 Å². The molecule has 2 N–H and O–H groups in total. The standard InChI is InChI=1S/C18H20N4S/c1-13(21-16-10-19-15-7-3-2-6-14(15)16)17-11-20-18(23-17)12-22-8-4-5-9-22/h2-3,6-7,10-11,19,21H,1,4-5,8-9,12H2. The largest absolute Gasteiger partial charge is 0.359 e. The van der Waals surface area contributed by atoms with Gasteiger partial charge in [0.05, 0.1) is 22.8 Å². The van der Waals surface area contributed by atoms with Crippen molar-refractivity contribution in [2.75, 3.05) is 18.4 Å². The Bertz CT molecular complexity index is 826. The van der Waals surface area contributed by atoms with Gasteiger partial charge in [-0.2, -0.15) is 0 Å². The molecule has 5 heteroatoms. The first-order valence-corrected chi connectivity index (χ1v) is 8.81. The maximum Gasteiger partial charge on any atom is 0.107 e. The number of aromatic amines is 1. The second-order valence-electron chi connectivity index (χ2n) is 5.95. The van der Waals surface area contributed by atoms with Gasteiger partial charge < -0.3 is 10.3 Å². The van der Waals surface area contributed by atoms with Gasteiger partial charge in [0.1, 0.15) is 5.01 Å². The van der Waals surface area contributed by atoms with E-state index in [0.717, 1.165) is 28.3 Å². The summed E-state index contributed by atoms with van der Waals surface area (Å²) in [5.41, 5.74) is 3.09. The Morgan fingerprint density at radius 1 is 1.30 bits per heavy atom. The highest BCUT2D eigenvalue weighted by Crippen LogP contribution is 2.28. The maximum absolute atomic E-state index is 4.56. The molecule has 23 heavy (non-hydrogen) atoms. The van der Waals surface area contributed by atoms with Gasteiger partial charge in [-0.1, -0.05) is 24.8 Å². The fourth-order valence-electron chi connectivity index (χ4n) is 3.05. The van der Waals surface area contributed by atoms with Gasteiger partial charge in [0.2, 0.25) is 0 Å². The highest BCUT2D eigenvalue weighted by molar-refractivity contribution is 7.12. The number of rotatable bonds is 5. The highest BCUT2D eigenvalue weighted by atomic mass is 32.1. The third kappa shape index (κ3) is 3.02. The summed E-state index contributed by atoms with van der Waals surface area (Å²) < 4.78 is 0. The van der Waals surface area contributed by atoms with E-state index in [0.29, 0.717) is 0 Å². The number of benzene rings is 1. The Hall–Kier alpha value is -2.11. The van der Waals surface area contributed by atoms with E-state index >= 15 is 0 Å². The molecule has 4 rings (SSSR count). The molecular formula is C18H20N4S.